The second-order valence-corrected chi connectivity index (χ2v) is 6.77. The fourth-order valence-corrected chi connectivity index (χ4v) is 3.36. The summed E-state index contributed by atoms with van der Waals surface area (Å²) in [5, 5.41) is 2.70. The topological polar surface area (TPSA) is 62.6 Å². The Morgan fingerprint density at radius 3 is 2.62 bits per heavy atom. The predicted octanol–water partition coefficient (Wildman–Crippen LogP) is 3.54. The van der Waals surface area contributed by atoms with Crippen LogP contribution in [0.15, 0.2) is 59.2 Å². The molecule has 0 saturated heterocycles. The number of furan rings is 1. The highest BCUT2D eigenvalue weighted by Gasteiger charge is 2.17. The number of thiophene rings is 1. The van der Waals surface area contributed by atoms with E-state index in [4.69, 9.17) is 4.42 Å². The summed E-state index contributed by atoms with van der Waals surface area (Å²) in [5.74, 6) is -0.166. The summed E-state index contributed by atoms with van der Waals surface area (Å²) in [7, 11) is 1.58. The van der Waals surface area contributed by atoms with E-state index in [0.29, 0.717) is 10.6 Å². The predicted molar refractivity (Wildman–Crippen MR) is 97.2 cm³/mol. The van der Waals surface area contributed by atoms with Crippen molar-refractivity contribution in [3.05, 3.63) is 71.2 Å². The van der Waals surface area contributed by atoms with Gasteiger partial charge in [0.25, 0.3) is 5.91 Å². The van der Waals surface area contributed by atoms with Crippen molar-refractivity contribution in [2.24, 2.45) is 0 Å². The molecular weight excluding hydrogens is 355 g/mol. The van der Waals surface area contributed by atoms with E-state index < -0.39 is 0 Å². The first-order valence-electron chi connectivity index (χ1n) is 7.93. The molecule has 0 aliphatic rings. The number of rotatable bonds is 6. The molecule has 2 heterocycles. The van der Waals surface area contributed by atoms with Crippen molar-refractivity contribution in [2.45, 2.75) is 6.54 Å². The molecule has 134 valence electrons. The molecule has 26 heavy (non-hydrogen) atoms. The van der Waals surface area contributed by atoms with Gasteiger partial charge in [0.05, 0.1) is 24.2 Å². The molecule has 3 aromatic rings. The van der Waals surface area contributed by atoms with Crippen LogP contribution in [0, 0.1) is 5.82 Å². The lowest BCUT2D eigenvalue weighted by Gasteiger charge is -2.15. The van der Waals surface area contributed by atoms with Crippen molar-refractivity contribution >= 4 is 23.2 Å². The Kier molecular flexibility index (Phi) is 5.48. The Hall–Kier alpha value is -2.93. The average Bonchev–Trinajstić information content (AvgIpc) is 3.32. The zero-order valence-corrected chi connectivity index (χ0v) is 14.9. The largest absolute Gasteiger partial charge is 0.467 e. The molecule has 0 radical (unpaired) electrons. The van der Waals surface area contributed by atoms with Gasteiger partial charge in [-0.25, -0.2) is 4.39 Å². The second-order valence-electron chi connectivity index (χ2n) is 5.69. The first kappa shape index (κ1) is 17.9. The fraction of sp³-hybridized carbons (Fsp3) is 0.158. The molecule has 0 atom stereocenters. The molecule has 1 aromatic carbocycles. The van der Waals surface area contributed by atoms with Crippen molar-refractivity contribution in [1.29, 1.82) is 0 Å². The zero-order valence-electron chi connectivity index (χ0n) is 14.1. The van der Waals surface area contributed by atoms with E-state index in [2.05, 4.69) is 5.32 Å². The summed E-state index contributed by atoms with van der Waals surface area (Å²) in [6, 6.07) is 13.1. The van der Waals surface area contributed by atoms with Gasteiger partial charge in [0, 0.05) is 11.9 Å². The number of hydrogen-bond donors (Lipinski definition) is 1. The Morgan fingerprint density at radius 2 is 1.92 bits per heavy atom. The van der Waals surface area contributed by atoms with Crippen LogP contribution < -0.4 is 5.32 Å². The summed E-state index contributed by atoms with van der Waals surface area (Å²) in [6.45, 7) is 0.227. The maximum absolute atomic E-state index is 13.0. The Labute approximate surface area is 154 Å². The van der Waals surface area contributed by atoms with Crippen LogP contribution in [-0.2, 0) is 11.3 Å². The van der Waals surface area contributed by atoms with Gasteiger partial charge < -0.3 is 14.6 Å². The average molecular weight is 372 g/mol. The molecular formula is C19H17FN2O3S. The van der Waals surface area contributed by atoms with Crippen molar-refractivity contribution in [3.63, 3.8) is 0 Å². The number of carbonyl (C=O) groups is 2. The van der Waals surface area contributed by atoms with E-state index in [1.54, 1.807) is 37.4 Å². The van der Waals surface area contributed by atoms with E-state index in [9.17, 15) is 14.0 Å². The first-order chi connectivity index (χ1) is 12.5. The molecule has 0 unspecified atom stereocenters. The van der Waals surface area contributed by atoms with Gasteiger partial charge >= 0.3 is 0 Å². The molecule has 0 fully saturated rings. The number of benzene rings is 1. The standard InChI is InChI=1S/C19H17FN2O3S/c1-22(12-18(23)21-11-15-3-2-10-25-15)19(24)17-9-8-16(26-17)13-4-6-14(20)7-5-13/h2-10H,11-12H2,1H3,(H,21,23). The van der Waals surface area contributed by atoms with E-state index in [-0.39, 0.29) is 30.7 Å². The number of nitrogens with one attached hydrogen (secondary N) is 1. The van der Waals surface area contributed by atoms with E-state index in [1.807, 2.05) is 6.07 Å². The molecule has 0 aliphatic heterocycles. The maximum atomic E-state index is 13.0. The lowest BCUT2D eigenvalue weighted by molar-refractivity contribution is -0.121. The minimum atomic E-state index is -0.304. The number of likely N-dealkylation sites (N-methyl/N-ethyl adjacent to an activating group) is 1. The van der Waals surface area contributed by atoms with Crippen LogP contribution in [0.4, 0.5) is 4.39 Å². The third kappa shape index (κ3) is 4.37. The van der Waals surface area contributed by atoms with Crippen LogP contribution in [0.25, 0.3) is 10.4 Å². The second kappa shape index (κ2) is 7.97. The molecule has 7 heteroatoms. The highest BCUT2D eigenvalue weighted by atomic mass is 32.1. The minimum Gasteiger partial charge on any atom is -0.467 e. The number of nitrogens with zero attached hydrogens (tertiary/aromatic N) is 1. The quantitative estimate of drug-likeness (QED) is 0.720. The van der Waals surface area contributed by atoms with Crippen LogP contribution in [0.2, 0.25) is 0 Å². The van der Waals surface area contributed by atoms with Gasteiger partial charge in [0.15, 0.2) is 0 Å². The van der Waals surface area contributed by atoms with E-state index in [1.165, 1.54) is 34.6 Å². The van der Waals surface area contributed by atoms with Crippen LogP contribution in [0.3, 0.4) is 0 Å². The monoisotopic (exact) mass is 372 g/mol. The SMILES string of the molecule is CN(CC(=O)NCc1ccco1)C(=O)c1ccc(-c2ccc(F)cc2)s1. The molecule has 0 saturated carbocycles. The number of amides is 2. The molecule has 0 aliphatic carbocycles. The molecule has 0 spiro atoms. The van der Waals surface area contributed by atoms with Crippen LogP contribution in [0.1, 0.15) is 15.4 Å². The molecule has 1 N–H and O–H groups in total. The Morgan fingerprint density at radius 1 is 1.15 bits per heavy atom. The van der Waals surface area contributed by atoms with Crippen LogP contribution in [-0.4, -0.2) is 30.3 Å². The number of hydrogen-bond acceptors (Lipinski definition) is 4. The zero-order chi connectivity index (χ0) is 18.5. The minimum absolute atomic E-state index is 0.0523. The maximum Gasteiger partial charge on any atom is 0.264 e. The van der Waals surface area contributed by atoms with Crippen molar-refractivity contribution in [2.75, 3.05) is 13.6 Å². The molecule has 2 aromatic heterocycles. The highest BCUT2D eigenvalue weighted by molar-refractivity contribution is 7.17. The summed E-state index contributed by atoms with van der Waals surface area (Å²) in [5.41, 5.74) is 0.842. The summed E-state index contributed by atoms with van der Waals surface area (Å²) >= 11 is 1.31. The summed E-state index contributed by atoms with van der Waals surface area (Å²) < 4.78 is 18.2. The third-order valence-electron chi connectivity index (χ3n) is 3.71. The molecule has 5 nitrogen and oxygen atoms in total. The van der Waals surface area contributed by atoms with Gasteiger partial charge in [0.2, 0.25) is 5.91 Å². The van der Waals surface area contributed by atoms with Crippen LogP contribution in [0.5, 0.6) is 0 Å². The lowest BCUT2D eigenvalue weighted by atomic mass is 10.2. The van der Waals surface area contributed by atoms with E-state index >= 15 is 0 Å². The van der Waals surface area contributed by atoms with Gasteiger partial charge in [-0.15, -0.1) is 11.3 Å². The summed E-state index contributed by atoms with van der Waals surface area (Å²) in [4.78, 5) is 27.2. The van der Waals surface area contributed by atoms with Gasteiger partial charge in [-0.3, -0.25) is 9.59 Å². The summed E-state index contributed by atoms with van der Waals surface area (Å²) in [6.07, 6.45) is 1.53. The van der Waals surface area contributed by atoms with Crippen molar-refractivity contribution < 1.29 is 18.4 Å². The van der Waals surface area contributed by atoms with E-state index in [0.717, 1.165) is 10.4 Å². The molecule has 3 rings (SSSR count). The fourth-order valence-electron chi connectivity index (χ4n) is 2.35. The van der Waals surface area contributed by atoms with Gasteiger partial charge in [0.1, 0.15) is 11.6 Å². The molecule has 2 amide bonds. The Balaban J connectivity index is 1.58. The Bertz CT molecular complexity index is 888. The van der Waals surface area contributed by atoms with Crippen molar-refractivity contribution in [3.8, 4) is 10.4 Å². The lowest BCUT2D eigenvalue weighted by Crippen LogP contribution is -2.37. The number of carbonyl (C=O) groups excluding carboxylic acids is 2. The highest BCUT2D eigenvalue weighted by Crippen LogP contribution is 2.28. The van der Waals surface area contributed by atoms with Gasteiger partial charge in [-0.2, -0.15) is 0 Å². The van der Waals surface area contributed by atoms with Crippen LogP contribution >= 0.6 is 11.3 Å². The van der Waals surface area contributed by atoms with Gasteiger partial charge in [-0.1, -0.05) is 12.1 Å². The van der Waals surface area contributed by atoms with Crippen molar-refractivity contribution in [1.82, 2.24) is 10.2 Å². The third-order valence-corrected chi connectivity index (χ3v) is 4.84. The molecule has 0 bridgehead atoms. The number of halogens is 1. The smallest absolute Gasteiger partial charge is 0.264 e. The first-order valence-corrected chi connectivity index (χ1v) is 8.75. The van der Waals surface area contributed by atoms with Gasteiger partial charge in [-0.05, 0) is 42.0 Å². The normalized spacial score (nSPS) is 10.5.